The van der Waals surface area contributed by atoms with Crippen LogP contribution in [0.15, 0.2) is 72.8 Å². The van der Waals surface area contributed by atoms with Crippen molar-refractivity contribution in [3.8, 4) is 0 Å². The molecule has 2 heteroatoms. The van der Waals surface area contributed by atoms with Crippen LogP contribution < -0.4 is 11.5 Å². The first-order valence-electron chi connectivity index (χ1n) is 7.01. The van der Waals surface area contributed by atoms with E-state index in [9.17, 15) is 0 Å². The Morgan fingerprint density at radius 2 is 1.00 bits per heavy atom. The summed E-state index contributed by atoms with van der Waals surface area (Å²) in [5.41, 5.74) is 14.7. The van der Waals surface area contributed by atoms with Crippen LogP contribution in [0.2, 0.25) is 0 Å². The van der Waals surface area contributed by atoms with E-state index in [0.29, 0.717) is 0 Å². The van der Waals surface area contributed by atoms with Crippen LogP contribution in [-0.2, 0) is 12.8 Å². The maximum absolute atomic E-state index is 6.11. The second-order valence-electron chi connectivity index (χ2n) is 5.09. The topological polar surface area (TPSA) is 52.0 Å². The van der Waals surface area contributed by atoms with Gasteiger partial charge in [-0.05, 0) is 24.0 Å². The maximum atomic E-state index is 6.11. The first kappa shape index (κ1) is 14.5. The first-order chi connectivity index (χ1) is 9.74. The second kappa shape index (κ2) is 7.63. The van der Waals surface area contributed by atoms with Gasteiger partial charge in [0.15, 0.2) is 0 Å². The van der Waals surface area contributed by atoms with Crippen LogP contribution in [0.1, 0.15) is 11.1 Å². The molecule has 0 radical (unpaired) electrons. The van der Waals surface area contributed by atoms with Crippen molar-refractivity contribution in [2.75, 3.05) is 0 Å². The normalized spacial score (nSPS) is 14.3. The largest absolute Gasteiger partial charge is 0.324 e. The summed E-state index contributed by atoms with van der Waals surface area (Å²) in [5.74, 6) is 0. The van der Waals surface area contributed by atoms with Gasteiger partial charge in [0.25, 0.3) is 0 Å². The van der Waals surface area contributed by atoms with Crippen LogP contribution in [-0.4, -0.2) is 12.1 Å². The highest BCUT2D eigenvalue weighted by Gasteiger charge is 2.02. The first-order valence-corrected chi connectivity index (χ1v) is 7.01. The number of nitrogens with two attached hydrogens (primary N) is 2. The summed E-state index contributed by atoms with van der Waals surface area (Å²) >= 11 is 0. The summed E-state index contributed by atoms with van der Waals surface area (Å²) in [7, 11) is 0. The molecule has 104 valence electrons. The summed E-state index contributed by atoms with van der Waals surface area (Å²) in [6, 6.07) is 20.6. The third-order valence-electron chi connectivity index (χ3n) is 3.23. The maximum Gasteiger partial charge on any atom is 0.0265 e. The summed E-state index contributed by atoms with van der Waals surface area (Å²) in [4.78, 5) is 0. The van der Waals surface area contributed by atoms with Crippen molar-refractivity contribution in [3.63, 3.8) is 0 Å². The number of benzene rings is 2. The Labute approximate surface area is 121 Å². The minimum atomic E-state index is 0.0132. The minimum absolute atomic E-state index is 0.0132. The van der Waals surface area contributed by atoms with E-state index in [1.807, 2.05) is 48.6 Å². The van der Waals surface area contributed by atoms with E-state index in [2.05, 4.69) is 24.3 Å². The van der Waals surface area contributed by atoms with Gasteiger partial charge in [-0.25, -0.2) is 0 Å². The molecular weight excluding hydrogens is 244 g/mol. The van der Waals surface area contributed by atoms with E-state index >= 15 is 0 Å². The van der Waals surface area contributed by atoms with Crippen molar-refractivity contribution < 1.29 is 0 Å². The third-order valence-corrected chi connectivity index (χ3v) is 3.23. The Morgan fingerprint density at radius 3 is 1.35 bits per heavy atom. The van der Waals surface area contributed by atoms with Crippen molar-refractivity contribution in [2.45, 2.75) is 24.9 Å². The van der Waals surface area contributed by atoms with E-state index in [1.165, 1.54) is 11.1 Å². The van der Waals surface area contributed by atoms with Gasteiger partial charge in [-0.15, -0.1) is 0 Å². The highest BCUT2D eigenvalue weighted by atomic mass is 14.6. The van der Waals surface area contributed by atoms with E-state index in [0.717, 1.165) is 12.8 Å². The lowest BCUT2D eigenvalue weighted by atomic mass is 10.0. The van der Waals surface area contributed by atoms with Crippen LogP contribution in [0, 0.1) is 0 Å². The van der Waals surface area contributed by atoms with Gasteiger partial charge in [0, 0.05) is 12.1 Å². The molecule has 2 aromatic rings. The van der Waals surface area contributed by atoms with Crippen molar-refractivity contribution in [3.05, 3.63) is 83.9 Å². The van der Waals surface area contributed by atoms with Gasteiger partial charge in [0.1, 0.15) is 0 Å². The molecule has 0 aliphatic carbocycles. The van der Waals surface area contributed by atoms with Gasteiger partial charge in [-0.1, -0.05) is 72.8 Å². The molecular formula is C18H22N2. The molecule has 0 aromatic heterocycles. The average Bonchev–Trinajstić information content (AvgIpc) is 2.47. The van der Waals surface area contributed by atoms with Crippen molar-refractivity contribution in [2.24, 2.45) is 11.5 Å². The molecule has 2 nitrogen and oxygen atoms in total. The molecule has 0 heterocycles. The van der Waals surface area contributed by atoms with Crippen LogP contribution in [0.25, 0.3) is 0 Å². The van der Waals surface area contributed by atoms with Crippen LogP contribution in [0.5, 0.6) is 0 Å². The molecule has 4 N–H and O–H groups in total. The van der Waals surface area contributed by atoms with Crippen molar-refractivity contribution in [1.82, 2.24) is 0 Å². The summed E-state index contributed by atoms with van der Waals surface area (Å²) in [5, 5.41) is 0. The SMILES string of the molecule is N[C@H](C=C[C@@H](N)Cc1ccccc1)Cc1ccccc1. The lowest BCUT2D eigenvalue weighted by molar-refractivity contribution is 0.771. The van der Waals surface area contributed by atoms with Gasteiger partial charge in [0.2, 0.25) is 0 Å². The number of hydrogen-bond donors (Lipinski definition) is 2. The highest BCUT2D eigenvalue weighted by molar-refractivity contribution is 5.19. The smallest absolute Gasteiger partial charge is 0.0265 e. The van der Waals surface area contributed by atoms with Gasteiger partial charge < -0.3 is 11.5 Å². The Hall–Kier alpha value is -1.90. The molecule has 0 fully saturated rings. The van der Waals surface area contributed by atoms with Crippen molar-refractivity contribution in [1.29, 1.82) is 0 Å². The molecule has 0 unspecified atom stereocenters. The lowest BCUT2D eigenvalue weighted by Gasteiger charge is -2.10. The Balaban J connectivity index is 1.82. The van der Waals surface area contributed by atoms with Gasteiger partial charge in [0.05, 0.1) is 0 Å². The second-order valence-corrected chi connectivity index (χ2v) is 5.09. The molecule has 0 saturated carbocycles. The van der Waals surface area contributed by atoms with Gasteiger partial charge >= 0.3 is 0 Å². The zero-order chi connectivity index (χ0) is 14.2. The zero-order valence-corrected chi connectivity index (χ0v) is 11.7. The summed E-state index contributed by atoms with van der Waals surface area (Å²) in [6.45, 7) is 0. The molecule has 0 aliphatic rings. The quantitative estimate of drug-likeness (QED) is 0.790. The lowest BCUT2D eigenvalue weighted by Crippen LogP contribution is -2.24. The average molecular weight is 266 g/mol. The Morgan fingerprint density at radius 1 is 0.650 bits per heavy atom. The summed E-state index contributed by atoms with van der Waals surface area (Å²) in [6.07, 6.45) is 5.71. The Bertz CT molecular complexity index is 470. The minimum Gasteiger partial charge on any atom is -0.324 e. The molecule has 0 amide bonds. The molecule has 0 bridgehead atoms. The molecule has 0 saturated heterocycles. The highest BCUT2D eigenvalue weighted by Crippen LogP contribution is 2.05. The molecule has 0 aliphatic heterocycles. The fourth-order valence-electron chi connectivity index (χ4n) is 2.19. The van der Waals surface area contributed by atoms with E-state index in [-0.39, 0.29) is 12.1 Å². The zero-order valence-electron chi connectivity index (χ0n) is 11.7. The Kier molecular flexibility index (Phi) is 5.54. The molecule has 2 aromatic carbocycles. The molecule has 2 rings (SSSR count). The fourth-order valence-corrected chi connectivity index (χ4v) is 2.19. The fraction of sp³-hybridized carbons (Fsp3) is 0.222. The van der Waals surface area contributed by atoms with Crippen molar-refractivity contribution >= 4 is 0 Å². The monoisotopic (exact) mass is 266 g/mol. The molecule has 2 atom stereocenters. The van der Waals surface area contributed by atoms with E-state index in [1.54, 1.807) is 0 Å². The number of hydrogen-bond acceptors (Lipinski definition) is 2. The van der Waals surface area contributed by atoms with E-state index in [4.69, 9.17) is 11.5 Å². The van der Waals surface area contributed by atoms with Crippen LogP contribution >= 0.6 is 0 Å². The van der Waals surface area contributed by atoms with Gasteiger partial charge in [-0.3, -0.25) is 0 Å². The summed E-state index contributed by atoms with van der Waals surface area (Å²) < 4.78 is 0. The number of rotatable bonds is 6. The molecule has 20 heavy (non-hydrogen) atoms. The van der Waals surface area contributed by atoms with E-state index < -0.39 is 0 Å². The predicted octanol–water partition coefficient (Wildman–Crippen LogP) is 2.68. The van der Waals surface area contributed by atoms with Crippen LogP contribution in [0.3, 0.4) is 0 Å². The van der Waals surface area contributed by atoms with Crippen LogP contribution in [0.4, 0.5) is 0 Å². The predicted molar refractivity (Wildman–Crippen MR) is 85.4 cm³/mol. The standard InChI is InChI=1S/C18H22N2/c19-17(13-15-7-3-1-4-8-15)11-12-18(20)14-16-9-5-2-6-10-16/h1-12,17-18H,13-14,19-20H2/t17-,18-/m1/s1. The third kappa shape index (κ3) is 5.00. The van der Waals surface area contributed by atoms with Gasteiger partial charge in [-0.2, -0.15) is 0 Å². The molecule has 0 spiro atoms.